The van der Waals surface area contributed by atoms with Gasteiger partial charge in [-0.15, -0.1) is 11.3 Å². The summed E-state index contributed by atoms with van der Waals surface area (Å²) in [5.41, 5.74) is 0.931. The van der Waals surface area contributed by atoms with Gasteiger partial charge in [-0.1, -0.05) is 35.9 Å². The Kier molecular flexibility index (Phi) is 4.53. The number of aromatic nitrogens is 2. The summed E-state index contributed by atoms with van der Waals surface area (Å²) in [6.07, 6.45) is -4.53. The van der Waals surface area contributed by atoms with Crippen LogP contribution in [0.3, 0.4) is 0 Å². The van der Waals surface area contributed by atoms with E-state index in [9.17, 15) is 13.2 Å². The van der Waals surface area contributed by atoms with Crippen molar-refractivity contribution in [3.63, 3.8) is 0 Å². The number of halogens is 3. The molecule has 2 heterocycles. The van der Waals surface area contributed by atoms with E-state index in [1.165, 1.54) is 11.3 Å². The Morgan fingerprint density at radius 1 is 1.08 bits per heavy atom. The van der Waals surface area contributed by atoms with Gasteiger partial charge in [-0.3, -0.25) is 0 Å². The van der Waals surface area contributed by atoms with Gasteiger partial charge in [-0.25, -0.2) is 9.97 Å². The quantitative estimate of drug-likeness (QED) is 0.708. The summed E-state index contributed by atoms with van der Waals surface area (Å²) in [7, 11) is 0. The van der Waals surface area contributed by atoms with Crippen molar-refractivity contribution in [2.75, 3.05) is 5.32 Å². The molecule has 3 rings (SSSR count). The second-order valence-electron chi connectivity index (χ2n) is 5.26. The van der Waals surface area contributed by atoms with Crippen molar-refractivity contribution in [2.24, 2.45) is 0 Å². The highest BCUT2D eigenvalue weighted by molar-refractivity contribution is 7.09. The molecule has 1 aromatic carbocycles. The summed E-state index contributed by atoms with van der Waals surface area (Å²) in [5, 5.41) is 4.77. The van der Waals surface area contributed by atoms with E-state index in [1.54, 1.807) is 12.1 Å². The van der Waals surface area contributed by atoms with Crippen LogP contribution in [0.25, 0.3) is 11.3 Å². The van der Waals surface area contributed by atoms with E-state index in [2.05, 4.69) is 15.3 Å². The van der Waals surface area contributed by atoms with Crippen molar-refractivity contribution in [1.82, 2.24) is 9.97 Å². The number of aryl methyl sites for hydroxylation is 1. The van der Waals surface area contributed by atoms with Gasteiger partial charge < -0.3 is 5.32 Å². The largest absolute Gasteiger partial charge is 0.433 e. The van der Waals surface area contributed by atoms with Crippen molar-refractivity contribution in [3.05, 3.63) is 64.0 Å². The van der Waals surface area contributed by atoms with Crippen LogP contribution in [0.1, 0.15) is 16.1 Å². The number of hydrogen-bond acceptors (Lipinski definition) is 4. The number of anilines is 1. The SMILES string of the molecule is Cc1ccc(-c2cc(C(F)(F)F)nc(NCc3cccs3)n2)cc1. The molecule has 124 valence electrons. The monoisotopic (exact) mass is 349 g/mol. The minimum atomic E-state index is -4.53. The number of alkyl halides is 3. The maximum absolute atomic E-state index is 13.1. The van der Waals surface area contributed by atoms with Crippen molar-refractivity contribution in [2.45, 2.75) is 19.6 Å². The lowest BCUT2D eigenvalue weighted by atomic mass is 10.1. The summed E-state index contributed by atoms with van der Waals surface area (Å²) in [6.45, 7) is 2.30. The van der Waals surface area contributed by atoms with Gasteiger partial charge >= 0.3 is 6.18 Å². The van der Waals surface area contributed by atoms with Crippen LogP contribution in [-0.4, -0.2) is 9.97 Å². The van der Waals surface area contributed by atoms with E-state index in [0.717, 1.165) is 16.5 Å². The number of hydrogen-bond donors (Lipinski definition) is 1. The third-order valence-electron chi connectivity index (χ3n) is 3.36. The van der Waals surface area contributed by atoms with E-state index in [4.69, 9.17) is 0 Å². The summed E-state index contributed by atoms with van der Waals surface area (Å²) in [4.78, 5) is 8.83. The van der Waals surface area contributed by atoms with Crippen LogP contribution in [0.4, 0.5) is 19.1 Å². The zero-order valence-corrected chi connectivity index (χ0v) is 13.6. The zero-order valence-electron chi connectivity index (χ0n) is 12.8. The first-order chi connectivity index (χ1) is 11.4. The molecule has 3 nitrogen and oxygen atoms in total. The Hall–Kier alpha value is -2.41. The summed E-state index contributed by atoms with van der Waals surface area (Å²) in [5.74, 6) is -0.0335. The van der Waals surface area contributed by atoms with Crippen LogP contribution in [0.15, 0.2) is 47.8 Å². The molecule has 0 aliphatic carbocycles. The van der Waals surface area contributed by atoms with Crippen LogP contribution < -0.4 is 5.32 Å². The molecule has 0 spiro atoms. The Morgan fingerprint density at radius 2 is 1.83 bits per heavy atom. The van der Waals surface area contributed by atoms with Gasteiger partial charge in [0, 0.05) is 10.4 Å². The molecule has 2 aromatic heterocycles. The van der Waals surface area contributed by atoms with Crippen molar-refractivity contribution in [3.8, 4) is 11.3 Å². The van der Waals surface area contributed by atoms with Gasteiger partial charge in [0.15, 0.2) is 5.69 Å². The first-order valence-electron chi connectivity index (χ1n) is 7.21. The maximum Gasteiger partial charge on any atom is 0.433 e. The molecule has 0 aliphatic rings. The topological polar surface area (TPSA) is 37.8 Å². The molecule has 0 amide bonds. The molecule has 0 atom stereocenters. The van der Waals surface area contributed by atoms with E-state index >= 15 is 0 Å². The highest BCUT2D eigenvalue weighted by atomic mass is 32.1. The third-order valence-corrected chi connectivity index (χ3v) is 4.24. The van der Waals surface area contributed by atoms with Gasteiger partial charge in [0.25, 0.3) is 0 Å². The summed E-state index contributed by atoms with van der Waals surface area (Å²) in [6, 6.07) is 11.9. The average molecular weight is 349 g/mol. The molecule has 0 unspecified atom stereocenters. The fourth-order valence-corrected chi connectivity index (χ4v) is 2.77. The second-order valence-corrected chi connectivity index (χ2v) is 6.29. The lowest BCUT2D eigenvalue weighted by molar-refractivity contribution is -0.141. The lowest BCUT2D eigenvalue weighted by Crippen LogP contribution is -2.12. The van der Waals surface area contributed by atoms with Crippen molar-refractivity contribution < 1.29 is 13.2 Å². The number of rotatable bonds is 4. The number of nitrogens with one attached hydrogen (secondary N) is 1. The molecule has 0 radical (unpaired) electrons. The Morgan fingerprint density at radius 3 is 2.46 bits per heavy atom. The van der Waals surface area contributed by atoms with Crippen molar-refractivity contribution in [1.29, 1.82) is 0 Å². The molecular formula is C17H14F3N3S. The smallest absolute Gasteiger partial charge is 0.349 e. The van der Waals surface area contributed by atoms with Gasteiger partial charge in [0.2, 0.25) is 5.95 Å². The predicted molar refractivity (Wildman–Crippen MR) is 88.9 cm³/mol. The van der Waals surface area contributed by atoms with Crippen LogP contribution >= 0.6 is 11.3 Å². The highest BCUT2D eigenvalue weighted by Gasteiger charge is 2.33. The minimum Gasteiger partial charge on any atom is -0.349 e. The Bertz CT molecular complexity index is 812. The van der Waals surface area contributed by atoms with Crippen molar-refractivity contribution >= 4 is 17.3 Å². The maximum atomic E-state index is 13.1. The molecule has 0 bridgehead atoms. The number of thiophene rings is 1. The molecule has 0 aliphatic heterocycles. The van der Waals surface area contributed by atoms with Crippen LogP contribution in [-0.2, 0) is 12.7 Å². The van der Waals surface area contributed by atoms with E-state index in [-0.39, 0.29) is 11.6 Å². The first kappa shape index (κ1) is 16.4. The summed E-state index contributed by atoms with van der Waals surface area (Å²) >= 11 is 1.51. The standard InChI is InChI=1S/C17H14F3N3S/c1-11-4-6-12(7-5-11)14-9-15(17(18,19)20)23-16(22-14)21-10-13-3-2-8-24-13/h2-9H,10H2,1H3,(H,21,22,23). The van der Waals surface area contributed by atoms with E-state index in [0.29, 0.717) is 12.1 Å². The van der Waals surface area contributed by atoms with Gasteiger partial charge in [0.1, 0.15) is 0 Å². The van der Waals surface area contributed by atoms with Crippen LogP contribution in [0, 0.1) is 6.92 Å². The summed E-state index contributed by atoms with van der Waals surface area (Å²) < 4.78 is 39.4. The molecular weight excluding hydrogens is 335 g/mol. The Labute approximate surface area is 141 Å². The Balaban J connectivity index is 1.95. The normalized spacial score (nSPS) is 11.5. The first-order valence-corrected chi connectivity index (χ1v) is 8.09. The molecule has 0 fully saturated rings. The van der Waals surface area contributed by atoms with Gasteiger partial charge in [0.05, 0.1) is 12.2 Å². The van der Waals surface area contributed by atoms with E-state index in [1.807, 2.05) is 36.6 Å². The third kappa shape index (κ3) is 3.91. The van der Waals surface area contributed by atoms with Crippen LogP contribution in [0.5, 0.6) is 0 Å². The van der Waals surface area contributed by atoms with Crippen LogP contribution in [0.2, 0.25) is 0 Å². The fourth-order valence-electron chi connectivity index (χ4n) is 2.12. The highest BCUT2D eigenvalue weighted by Crippen LogP contribution is 2.31. The molecule has 7 heteroatoms. The molecule has 3 aromatic rings. The molecule has 0 saturated carbocycles. The molecule has 1 N–H and O–H groups in total. The number of benzene rings is 1. The predicted octanol–water partition coefficient (Wildman–Crippen LogP) is 5.14. The average Bonchev–Trinajstić information content (AvgIpc) is 3.06. The lowest BCUT2D eigenvalue weighted by Gasteiger charge is -2.11. The second kappa shape index (κ2) is 6.60. The molecule has 0 saturated heterocycles. The zero-order chi connectivity index (χ0) is 17.2. The fraction of sp³-hybridized carbons (Fsp3) is 0.176. The van der Waals surface area contributed by atoms with E-state index < -0.39 is 11.9 Å². The number of nitrogens with zero attached hydrogens (tertiary/aromatic N) is 2. The molecule has 24 heavy (non-hydrogen) atoms. The minimum absolute atomic E-state index is 0.0335. The van der Waals surface area contributed by atoms with Gasteiger partial charge in [-0.05, 0) is 24.4 Å². The van der Waals surface area contributed by atoms with Gasteiger partial charge in [-0.2, -0.15) is 13.2 Å².